The largest absolute Gasteiger partial charge is 0.368 e. The van der Waals surface area contributed by atoms with Crippen molar-refractivity contribution in [2.24, 2.45) is 0 Å². The molecule has 1 aliphatic heterocycles. The number of halogens is 3. The summed E-state index contributed by atoms with van der Waals surface area (Å²) in [6.07, 6.45) is 0. The van der Waals surface area contributed by atoms with Gasteiger partial charge < -0.3 is 15.1 Å². The second-order valence-electron chi connectivity index (χ2n) is 6.86. The van der Waals surface area contributed by atoms with E-state index in [0.29, 0.717) is 24.6 Å². The molecular weight excluding hydrogens is 379 g/mol. The van der Waals surface area contributed by atoms with Gasteiger partial charge in [-0.1, -0.05) is 6.07 Å². The average Bonchev–Trinajstić information content (AvgIpc) is 2.71. The number of aryl methyl sites for hydroxylation is 1. The molecule has 5 nitrogen and oxygen atoms in total. The number of rotatable bonds is 4. The molecule has 2 aromatic carbocycles. The molecule has 8 heteroatoms. The zero-order chi connectivity index (χ0) is 20.4. The molecule has 1 aliphatic rings. The third-order valence-corrected chi connectivity index (χ3v) is 4.84. The summed E-state index contributed by atoms with van der Waals surface area (Å²) >= 11 is 0. The fraction of sp³-hybridized carbons (Fsp3) is 0.238. The first-order chi connectivity index (χ1) is 14.0. The quantitative estimate of drug-likeness (QED) is 0.710. The highest BCUT2D eigenvalue weighted by Gasteiger charge is 2.20. The molecule has 1 fully saturated rings. The van der Waals surface area contributed by atoms with Gasteiger partial charge in [-0.25, -0.2) is 18.2 Å². The molecule has 1 saturated heterocycles. The van der Waals surface area contributed by atoms with Crippen LogP contribution in [0.3, 0.4) is 0 Å². The van der Waals surface area contributed by atoms with Crippen LogP contribution in [0.15, 0.2) is 48.5 Å². The highest BCUT2D eigenvalue weighted by atomic mass is 19.1. The fourth-order valence-corrected chi connectivity index (χ4v) is 3.34. The Morgan fingerprint density at radius 2 is 1.45 bits per heavy atom. The smallest absolute Gasteiger partial charge is 0.229 e. The lowest BCUT2D eigenvalue weighted by molar-refractivity contribution is 0.590. The molecule has 1 aromatic heterocycles. The SMILES string of the molecule is Cc1cc(N2CCN(c3ccc(F)cc3)CC2)nc(Nc2c(F)cccc2F)n1. The minimum Gasteiger partial charge on any atom is -0.368 e. The van der Waals surface area contributed by atoms with Crippen LogP contribution in [0, 0.1) is 24.4 Å². The minimum absolute atomic E-state index is 0.143. The monoisotopic (exact) mass is 399 g/mol. The van der Waals surface area contributed by atoms with Crippen molar-refractivity contribution in [3.8, 4) is 0 Å². The molecule has 2 heterocycles. The molecule has 0 radical (unpaired) electrons. The zero-order valence-corrected chi connectivity index (χ0v) is 15.9. The number of nitrogens with zero attached hydrogens (tertiary/aromatic N) is 4. The van der Waals surface area contributed by atoms with Crippen LogP contribution in [0.4, 0.5) is 36.3 Å². The van der Waals surface area contributed by atoms with Crippen molar-refractivity contribution in [2.75, 3.05) is 41.3 Å². The van der Waals surface area contributed by atoms with Crippen LogP contribution in [0.5, 0.6) is 0 Å². The predicted molar refractivity (Wildman–Crippen MR) is 107 cm³/mol. The Hall–Kier alpha value is -3.29. The first-order valence-corrected chi connectivity index (χ1v) is 9.32. The summed E-state index contributed by atoms with van der Waals surface area (Å²) in [6, 6.07) is 11.9. The van der Waals surface area contributed by atoms with Crippen molar-refractivity contribution >= 4 is 23.1 Å². The molecule has 0 atom stereocenters. The Balaban J connectivity index is 1.49. The van der Waals surface area contributed by atoms with Gasteiger partial charge in [0.1, 0.15) is 29.0 Å². The molecule has 0 bridgehead atoms. The van der Waals surface area contributed by atoms with Crippen LogP contribution in [0.1, 0.15) is 5.69 Å². The lowest BCUT2D eigenvalue weighted by Gasteiger charge is -2.36. The van der Waals surface area contributed by atoms with E-state index in [1.807, 2.05) is 13.0 Å². The third kappa shape index (κ3) is 4.26. The summed E-state index contributed by atoms with van der Waals surface area (Å²) in [5.74, 6) is -0.829. The molecule has 0 unspecified atom stereocenters. The van der Waals surface area contributed by atoms with Gasteiger partial charge in [0.05, 0.1) is 0 Å². The maximum absolute atomic E-state index is 13.9. The lowest BCUT2D eigenvalue weighted by atomic mass is 10.2. The molecule has 0 aliphatic carbocycles. The van der Waals surface area contributed by atoms with E-state index in [4.69, 9.17) is 0 Å². The van der Waals surface area contributed by atoms with Gasteiger partial charge in [-0.15, -0.1) is 0 Å². The fourth-order valence-electron chi connectivity index (χ4n) is 3.34. The van der Waals surface area contributed by atoms with Crippen molar-refractivity contribution in [1.29, 1.82) is 0 Å². The van der Waals surface area contributed by atoms with Crippen LogP contribution >= 0.6 is 0 Å². The standard InChI is InChI=1S/C21H20F3N5/c1-14-13-19(26-21(25-14)27-20-17(23)3-2-4-18(20)24)29-11-9-28(10-12-29)16-7-5-15(22)6-8-16/h2-8,13H,9-12H2,1H3,(H,25,26,27). The number of hydrogen-bond acceptors (Lipinski definition) is 5. The number of piperazine rings is 1. The van der Waals surface area contributed by atoms with Crippen LogP contribution in [-0.2, 0) is 0 Å². The number of benzene rings is 2. The number of hydrogen-bond donors (Lipinski definition) is 1. The topological polar surface area (TPSA) is 44.3 Å². The average molecular weight is 399 g/mol. The van der Waals surface area contributed by atoms with Gasteiger partial charge in [0.2, 0.25) is 5.95 Å². The maximum Gasteiger partial charge on any atom is 0.229 e. The number of nitrogens with one attached hydrogen (secondary N) is 1. The van der Waals surface area contributed by atoms with Crippen molar-refractivity contribution in [3.63, 3.8) is 0 Å². The molecule has 4 rings (SSSR count). The molecule has 0 saturated carbocycles. The van der Waals surface area contributed by atoms with Crippen molar-refractivity contribution in [1.82, 2.24) is 9.97 Å². The van der Waals surface area contributed by atoms with Crippen LogP contribution in [0.2, 0.25) is 0 Å². The van der Waals surface area contributed by atoms with E-state index in [9.17, 15) is 13.2 Å². The van der Waals surface area contributed by atoms with Crippen molar-refractivity contribution in [3.05, 3.63) is 71.7 Å². The second kappa shape index (κ2) is 7.98. The van der Waals surface area contributed by atoms with Gasteiger partial charge in [-0.2, -0.15) is 4.98 Å². The Kier molecular flexibility index (Phi) is 5.24. The normalized spacial score (nSPS) is 14.2. The van der Waals surface area contributed by atoms with Crippen molar-refractivity contribution in [2.45, 2.75) is 6.92 Å². The zero-order valence-electron chi connectivity index (χ0n) is 15.9. The van der Waals surface area contributed by atoms with Gasteiger partial charge in [0, 0.05) is 43.6 Å². The van der Waals surface area contributed by atoms with E-state index in [-0.39, 0.29) is 17.5 Å². The van der Waals surface area contributed by atoms with Gasteiger partial charge >= 0.3 is 0 Å². The summed E-state index contributed by atoms with van der Waals surface area (Å²) in [7, 11) is 0. The molecule has 1 N–H and O–H groups in total. The Bertz CT molecular complexity index is 981. The molecule has 0 amide bonds. The van der Waals surface area contributed by atoms with Gasteiger partial charge in [0.25, 0.3) is 0 Å². The third-order valence-electron chi connectivity index (χ3n) is 4.84. The maximum atomic E-state index is 13.9. The van der Waals surface area contributed by atoms with Crippen LogP contribution in [-0.4, -0.2) is 36.1 Å². The summed E-state index contributed by atoms with van der Waals surface area (Å²) < 4.78 is 41.0. The summed E-state index contributed by atoms with van der Waals surface area (Å²) in [5.41, 5.74) is 1.39. The van der Waals surface area contributed by atoms with E-state index in [1.54, 1.807) is 12.1 Å². The summed E-state index contributed by atoms with van der Waals surface area (Å²) in [4.78, 5) is 13.0. The molecule has 29 heavy (non-hydrogen) atoms. The minimum atomic E-state index is -0.704. The van der Waals surface area contributed by atoms with E-state index in [0.717, 1.165) is 18.8 Å². The second-order valence-corrected chi connectivity index (χ2v) is 6.86. The van der Waals surface area contributed by atoms with E-state index in [1.165, 1.54) is 30.3 Å². The first kappa shape index (κ1) is 19.0. The van der Waals surface area contributed by atoms with Crippen molar-refractivity contribution < 1.29 is 13.2 Å². The summed E-state index contributed by atoms with van der Waals surface area (Å²) in [6.45, 7) is 4.73. The molecular formula is C21H20F3N5. The number of para-hydroxylation sites is 1. The Labute approximate surface area is 166 Å². The van der Waals surface area contributed by atoms with Crippen LogP contribution in [0.25, 0.3) is 0 Å². The van der Waals surface area contributed by atoms with Gasteiger partial charge in [-0.05, 0) is 43.3 Å². The lowest BCUT2D eigenvalue weighted by Crippen LogP contribution is -2.46. The number of aromatic nitrogens is 2. The Morgan fingerprint density at radius 1 is 0.828 bits per heavy atom. The molecule has 0 spiro atoms. The Morgan fingerprint density at radius 3 is 2.10 bits per heavy atom. The summed E-state index contributed by atoms with van der Waals surface area (Å²) in [5, 5.41) is 2.66. The van der Waals surface area contributed by atoms with E-state index >= 15 is 0 Å². The molecule has 150 valence electrons. The van der Waals surface area contributed by atoms with E-state index in [2.05, 4.69) is 25.1 Å². The highest BCUT2D eigenvalue weighted by Crippen LogP contribution is 2.24. The molecule has 3 aromatic rings. The van der Waals surface area contributed by atoms with Gasteiger partial charge in [0.15, 0.2) is 0 Å². The van der Waals surface area contributed by atoms with Gasteiger partial charge in [-0.3, -0.25) is 0 Å². The number of anilines is 4. The predicted octanol–water partition coefficient (Wildman–Crippen LogP) is 4.27. The highest BCUT2D eigenvalue weighted by molar-refractivity contribution is 5.57. The van der Waals surface area contributed by atoms with E-state index < -0.39 is 11.6 Å². The van der Waals surface area contributed by atoms with Crippen LogP contribution < -0.4 is 15.1 Å². The first-order valence-electron chi connectivity index (χ1n) is 9.32.